The number of aliphatic carboxylic acids is 1. The monoisotopic (exact) mass is 467 g/mol. The van der Waals surface area contributed by atoms with Crippen molar-refractivity contribution < 1.29 is 37.7 Å². The van der Waals surface area contributed by atoms with Crippen LogP contribution >= 0.6 is 0 Å². The predicted molar refractivity (Wildman–Crippen MR) is 116 cm³/mol. The van der Waals surface area contributed by atoms with Crippen molar-refractivity contribution in [2.45, 2.75) is 24.7 Å². The third-order valence-corrected chi connectivity index (χ3v) is 5.87. The number of nitrogens with one attached hydrogen (secondary N) is 1. The SMILES string of the molecule is O=C(NC(Cc1cccc2c1OC(F)(F)O2)C(=O)O)OCC1c2ccccc2-c2ccccc21. The number of amides is 1. The Morgan fingerprint density at radius 3 is 2.26 bits per heavy atom. The van der Waals surface area contributed by atoms with E-state index in [0.717, 1.165) is 22.3 Å². The first kappa shape index (κ1) is 21.7. The molecule has 1 heterocycles. The van der Waals surface area contributed by atoms with Gasteiger partial charge in [-0.25, -0.2) is 9.59 Å². The zero-order valence-corrected chi connectivity index (χ0v) is 17.7. The Labute approximate surface area is 192 Å². The van der Waals surface area contributed by atoms with E-state index < -0.39 is 24.4 Å². The topological polar surface area (TPSA) is 94.1 Å². The van der Waals surface area contributed by atoms with Crippen molar-refractivity contribution in [3.05, 3.63) is 83.4 Å². The van der Waals surface area contributed by atoms with Crippen molar-refractivity contribution >= 4 is 12.1 Å². The standard InChI is InChI=1S/C25H19F2NO6/c26-25(27)33-21-11-5-6-14(22(21)34-25)12-20(23(29)30)28-24(31)32-13-19-17-9-3-1-7-15(17)16-8-2-4-10-18(16)19/h1-11,19-20H,12-13H2,(H,28,31)(H,29,30). The van der Waals surface area contributed by atoms with Gasteiger partial charge in [-0.1, -0.05) is 60.7 Å². The summed E-state index contributed by atoms with van der Waals surface area (Å²) in [7, 11) is 0. The molecule has 0 spiro atoms. The van der Waals surface area contributed by atoms with Crippen LogP contribution in [-0.4, -0.2) is 36.1 Å². The third-order valence-electron chi connectivity index (χ3n) is 5.87. The number of rotatable bonds is 6. The molecule has 3 aromatic rings. The van der Waals surface area contributed by atoms with E-state index in [0.29, 0.717) is 0 Å². The summed E-state index contributed by atoms with van der Waals surface area (Å²) in [6.45, 7) is 0.0100. The number of carboxylic acids is 1. The highest BCUT2D eigenvalue weighted by Crippen LogP contribution is 2.45. The van der Waals surface area contributed by atoms with Crippen LogP contribution in [0.25, 0.3) is 11.1 Å². The molecule has 5 rings (SSSR count). The van der Waals surface area contributed by atoms with Crippen molar-refractivity contribution in [3.8, 4) is 22.6 Å². The van der Waals surface area contributed by atoms with E-state index in [1.165, 1.54) is 18.2 Å². The Bertz CT molecular complexity index is 1230. The predicted octanol–water partition coefficient (Wildman–Crippen LogP) is 4.54. The fourth-order valence-electron chi connectivity index (χ4n) is 4.39. The fourth-order valence-corrected chi connectivity index (χ4v) is 4.39. The van der Waals surface area contributed by atoms with Gasteiger partial charge in [0.2, 0.25) is 0 Å². The van der Waals surface area contributed by atoms with Crippen LogP contribution in [0.5, 0.6) is 11.5 Å². The summed E-state index contributed by atoms with van der Waals surface area (Å²) in [4.78, 5) is 24.3. The Morgan fingerprint density at radius 2 is 1.62 bits per heavy atom. The average molecular weight is 467 g/mol. The van der Waals surface area contributed by atoms with E-state index in [-0.39, 0.29) is 36.0 Å². The summed E-state index contributed by atoms with van der Waals surface area (Å²) in [5.74, 6) is -2.00. The minimum atomic E-state index is -3.84. The molecule has 1 aliphatic carbocycles. The van der Waals surface area contributed by atoms with Gasteiger partial charge in [0.05, 0.1) is 0 Å². The Kier molecular flexibility index (Phi) is 5.31. The van der Waals surface area contributed by atoms with E-state index in [2.05, 4.69) is 14.8 Å². The van der Waals surface area contributed by atoms with Crippen molar-refractivity contribution in [1.82, 2.24) is 5.32 Å². The summed E-state index contributed by atoms with van der Waals surface area (Å²) in [5, 5.41) is 11.9. The first-order chi connectivity index (χ1) is 16.3. The van der Waals surface area contributed by atoms with Crippen molar-refractivity contribution in [2.75, 3.05) is 6.61 Å². The van der Waals surface area contributed by atoms with Gasteiger partial charge >= 0.3 is 18.4 Å². The van der Waals surface area contributed by atoms with Crippen LogP contribution in [0.2, 0.25) is 0 Å². The summed E-state index contributed by atoms with van der Waals surface area (Å²) in [6, 6.07) is 18.4. The van der Waals surface area contributed by atoms with Crippen LogP contribution < -0.4 is 14.8 Å². The summed E-state index contributed by atoms with van der Waals surface area (Å²) < 4.78 is 41.2. The number of carbonyl (C=O) groups is 2. The highest BCUT2D eigenvalue weighted by atomic mass is 19.3. The molecular weight excluding hydrogens is 448 g/mol. The molecule has 174 valence electrons. The highest BCUT2D eigenvalue weighted by Gasteiger charge is 2.44. The maximum absolute atomic E-state index is 13.4. The second-order valence-electron chi connectivity index (χ2n) is 7.98. The second-order valence-corrected chi connectivity index (χ2v) is 7.98. The first-order valence-electron chi connectivity index (χ1n) is 10.5. The normalized spacial score (nSPS) is 15.8. The van der Waals surface area contributed by atoms with Gasteiger partial charge in [0.25, 0.3) is 0 Å². The lowest BCUT2D eigenvalue weighted by Crippen LogP contribution is -2.43. The van der Waals surface area contributed by atoms with Gasteiger partial charge in [-0.05, 0) is 28.3 Å². The molecule has 2 N–H and O–H groups in total. The van der Waals surface area contributed by atoms with Crippen LogP contribution in [0.1, 0.15) is 22.6 Å². The molecule has 2 aliphatic rings. The van der Waals surface area contributed by atoms with Crippen molar-refractivity contribution in [1.29, 1.82) is 0 Å². The molecule has 1 atom stereocenters. The lowest BCUT2D eigenvalue weighted by atomic mass is 9.98. The number of hydrogen-bond donors (Lipinski definition) is 2. The zero-order valence-electron chi connectivity index (χ0n) is 17.7. The molecule has 1 aliphatic heterocycles. The average Bonchev–Trinajstić information content (AvgIpc) is 3.30. The number of carboxylic acid groups (broad SMARTS) is 1. The molecule has 0 bridgehead atoms. The van der Waals surface area contributed by atoms with Crippen molar-refractivity contribution in [3.63, 3.8) is 0 Å². The fraction of sp³-hybridized carbons (Fsp3) is 0.200. The number of ether oxygens (including phenoxy) is 3. The summed E-state index contributed by atoms with van der Waals surface area (Å²) in [6.07, 6.45) is -5.07. The van der Waals surface area contributed by atoms with Crippen LogP contribution in [0, 0.1) is 0 Å². The number of para-hydroxylation sites is 1. The highest BCUT2D eigenvalue weighted by molar-refractivity contribution is 5.81. The molecule has 9 heteroatoms. The number of hydrogen-bond acceptors (Lipinski definition) is 5. The zero-order chi connectivity index (χ0) is 23.9. The Hall–Kier alpha value is -4.14. The summed E-state index contributed by atoms with van der Waals surface area (Å²) in [5.41, 5.74) is 4.31. The number of alkyl halides is 2. The Morgan fingerprint density at radius 1 is 0.971 bits per heavy atom. The molecule has 1 amide bonds. The molecule has 0 saturated heterocycles. The molecule has 34 heavy (non-hydrogen) atoms. The molecule has 0 saturated carbocycles. The molecule has 7 nitrogen and oxygen atoms in total. The minimum absolute atomic E-state index is 0.0100. The van der Waals surface area contributed by atoms with E-state index in [4.69, 9.17) is 4.74 Å². The van der Waals surface area contributed by atoms with Gasteiger partial charge in [0, 0.05) is 17.9 Å². The van der Waals surface area contributed by atoms with E-state index in [9.17, 15) is 23.5 Å². The minimum Gasteiger partial charge on any atom is -0.480 e. The van der Waals surface area contributed by atoms with Gasteiger partial charge in [-0.15, -0.1) is 8.78 Å². The quantitative estimate of drug-likeness (QED) is 0.553. The van der Waals surface area contributed by atoms with E-state index in [1.807, 2.05) is 48.5 Å². The molecular formula is C25H19F2NO6. The molecule has 0 fully saturated rings. The number of benzene rings is 3. The Balaban J connectivity index is 1.27. The smallest absolute Gasteiger partial charge is 0.480 e. The summed E-state index contributed by atoms with van der Waals surface area (Å²) >= 11 is 0. The van der Waals surface area contributed by atoms with Gasteiger partial charge in [-0.3, -0.25) is 0 Å². The molecule has 0 radical (unpaired) electrons. The lowest BCUT2D eigenvalue weighted by Gasteiger charge is -2.18. The maximum atomic E-state index is 13.4. The second kappa shape index (κ2) is 8.33. The third kappa shape index (κ3) is 4.00. The number of alkyl carbamates (subject to hydrolysis) is 1. The van der Waals surface area contributed by atoms with Gasteiger partial charge in [-0.2, -0.15) is 0 Å². The van der Waals surface area contributed by atoms with Crippen LogP contribution in [0.15, 0.2) is 66.7 Å². The molecule has 1 unspecified atom stereocenters. The molecule has 0 aromatic heterocycles. The number of halogens is 2. The van der Waals surface area contributed by atoms with Gasteiger partial charge in [0.15, 0.2) is 11.5 Å². The first-order valence-corrected chi connectivity index (χ1v) is 10.5. The number of fused-ring (bicyclic) bond motifs is 4. The van der Waals surface area contributed by atoms with E-state index >= 15 is 0 Å². The largest absolute Gasteiger partial charge is 0.586 e. The number of carbonyl (C=O) groups excluding carboxylic acids is 1. The van der Waals surface area contributed by atoms with E-state index in [1.54, 1.807) is 0 Å². The maximum Gasteiger partial charge on any atom is 0.586 e. The van der Waals surface area contributed by atoms with Crippen LogP contribution in [0.4, 0.5) is 13.6 Å². The van der Waals surface area contributed by atoms with Crippen LogP contribution in [-0.2, 0) is 16.0 Å². The van der Waals surface area contributed by atoms with Crippen LogP contribution in [0.3, 0.4) is 0 Å². The van der Waals surface area contributed by atoms with Crippen molar-refractivity contribution in [2.24, 2.45) is 0 Å². The van der Waals surface area contributed by atoms with Gasteiger partial charge in [0.1, 0.15) is 12.6 Å². The van der Waals surface area contributed by atoms with Gasteiger partial charge < -0.3 is 24.6 Å². The molecule has 3 aromatic carbocycles. The lowest BCUT2D eigenvalue weighted by molar-refractivity contribution is -0.286.